The zero-order chi connectivity index (χ0) is 25.3. The third-order valence-electron chi connectivity index (χ3n) is 7.37. The van der Waals surface area contributed by atoms with Gasteiger partial charge in [-0.05, 0) is 37.0 Å². The lowest BCUT2D eigenvalue weighted by atomic mass is 9.90. The molecule has 2 aliphatic heterocycles. The third kappa shape index (κ3) is 8.35. The highest BCUT2D eigenvalue weighted by molar-refractivity contribution is 7.80. The number of nitrogens with one attached hydrogen (secondary N) is 1. The first-order chi connectivity index (χ1) is 16.9. The van der Waals surface area contributed by atoms with Gasteiger partial charge in [0.25, 0.3) is 0 Å². The van der Waals surface area contributed by atoms with Crippen LogP contribution in [0.4, 0.5) is 0 Å². The van der Waals surface area contributed by atoms with Gasteiger partial charge in [0, 0.05) is 31.1 Å². The average Bonchev–Trinajstić information content (AvgIpc) is 3.37. The Morgan fingerprint density at radius 2 is 1.57 bits per heavy atom. The van der Waals surface area contributed by atoms with Gasteiger partial charge in [0.15, 0.2) is 5.11 Å². The summed E-state index contributed by atoms with van der Waals surface area (Å²) in [5, 5.41) is 4.36. The molecule has 1 aromatic rings. The molecular weight excluding hydrogens is 521 g/mol. The fourth-order valence-electron chi connectivity index (χ4n) is 5.64. The first-order valence-electron chi connectivity index (χ1n) is 13.5. The van der Waals surface area contributed by atoms with E-state index >= 15 is 0 Å². The molecule has 0 aromatic heterocycles. The van der Waals surface area contributed by atoms with E-state index in [1.807, 2.05) is 19.9 Å². The number of benzene rings is 1. The SMILES string of the molecule is CC.S=C(NC1CCCCCCCC1)N1CCN(C2COCC(c3ccccc3)C2)C1C(Cl)(Cl)Cl. The summed E-state index contributed by atoms with van der Waals surface area (Å²) in [6.07, 6.45) is 10.7. The van der Waals surface area contributed by atoms with Gasteiger partial charge in [-0.3, -0.25) is 4.90 Å². The minimum absolute atomic E-state index is 0.183. The predicted octanol–water partition coefficient (Wildman–Crippen LogP) is 7.28. The topological polar surface area (TPSA) is 27.7 Å². The summed E-state index contributed by atoms with van der Waals surface area (Å²) in [6.45, 7) is 6.94. The fourth-order valence-corrected chi connectivity index (χ4v) is 6.73. The van der Waals surface area contributed by atoms with Crippen LogP contribution in [0, 0.1) is 0 Å². The highest BCUT2D eigenvalue weighted by atomic mass is 35.6. The largest absolute Gasteiger partial charge is 0.379 e. The molecular formula is C27H42Cl3N3OS. The van der Waals surface area contributed by atoms with Gasteiger partial charge in [-0.2, -0.15) is 0 Å². The standard InChI is InChI=1S/C25H36Cl3N3OS.C2H6/c26-25(27,28)23-30(22-16-20(17-32-18-22)19-10-6-5-7-11-19)14-15-31(23)24(33)29-21-12-8-3-1-2-4-9-13-21;1-2/h5-7,10-11,20-23H,1-4,8-9,12-18H2,(H,29,33);1-2H3. The van der Waals surface area contributed by atoms with Gasteiger partial charge >= 0.3 is 0 Å². The van der Waals surface area contributed by atoms with Crippen LogP contribution in [0.25, 0.3) is 0 Å². The zero-order valence-corrected chi connectivity index (χ0v) is 24.3. The monoisotopic (exact) mass is 561 g/mol. The number of halogens is 3. The van der Waals surface area contributed by atoms with Crippen LogP contribution < -0.4 is 5.32 Å². The number of alkyl halides is 3. The molecule has 35 heavy (non-hydrogen) atoms. The zero-order valence-electron chi connectivity index (χ0n) is 21.2. The summed E-state index contributed by atoms with van der Waals surface area (Å²) < 4.78 is 4.57. The lowest BCUT2D eigenvalue weighted by molar-refractivity contribution is -0.00693. The van der Waals surface area contributed by atoms with Crippen molar-refractivity contribution in [2.75, 3.05) is 26.3 Å². The maximum Gasteiger partial charge on any atom is 0.223 e. The number of ether oxygens (including phenoxy) is 1. The molecule has 1 saturated carbocycles. The van der Waals surface area contributed by atoms with Crippen molar-refractivity contribution in [2.24, 2.45) is 0 Å². The van der Waals surface area contributed by atoms with Crippen molar-refractivity contribution in [1.82, 2.24) is 15.1 Å². The molecule has 3 atom stereocenters. The van der Waals surface area contributed by atoms with E-state index in [2.05, 4.69) is 39.4 Å². The number of thiocarbonyl (C=S) groups is 1. The Balaban J connectivity index is 0.00000167. The number of hydrogen-bond acceptors (Lipinski definition) is 3. The van der Waals surface area contributed by atoms with Crippen molar-refractivity contribution in [3.05, 3.63) is 35.9 Å². The molecule has 4 nitrogen and oxygen atoms in total. The van der Waals surface area contributed by atoms with E-state index in [9.17, 15) is 0 Å². The molecule has 4 rings (SSSR count). The molecule has 3 unspecified atom stereocenters. The Labute approximate surface area is 233 Å². The van der Waals surface area contributed by atoms with Crippen LogP contribution >= 0.6 is 47.0 Å². The van der Waals surface area contributed by atoms with Crippen LogP contribution in [0.2, 0.25) is 0 Å². The smallest absolute Gasteiger partial charge is 0.223 e. The molecule has 1 N–H and O–H groups in total. The molecule has 198 valence electrons. The predicted molar refractivity (Wildman–Crippen MR) is 154 cm³/mol. The second-order valence-electron chi connectivity index (χ2n) is 9.73. The molecule has 3 fully saturated rings. The van der Waals surface area contributed by atoms with Gasteiger partial charge in [-0.25, -0.2) is 0 Å². The van der Waals surface area contributed by atoms with E-state index in [0.717, 1.165) is 44.1 Å². The fraction of sp³-hybridized carbons (Fsp3) is 0.741. The molecule has 0 amide bonds. The summed E-state index contributed by atoms with van der Waals surface area (Å²) in [4.78, 5) is 4.40. The van der Waals surface area contributed by atoms with Crippen molar-refractivity contribution < 1.29 is 4.74 Å². The molecule has 0 radical (unpaired) electrons. The van der Waals surface area contributed by atoms with Crippen molar-refractivity contribution in [3.8, 4) is 0 Å². The van der Waals surface area contributed by atoms with Crippen LogP contribution in [0.1, 0.15) is 83.1 Å². The highest BCUT2D eigenvalue weighted by Gasteiger charge is 2.49. The van der Waals surface area contributed by atoms with E-state index in [1.165, 1.54) is 44.1 Å². The lowest BCUT2D eigenvalue weighted by Crippen LogP contribution is -2.57. The first kappa shape index (κ1) is 29.3. The Hall–Kier alpha value is -0.300. The first-order valence-corrected chi connectivity index (χ1v) is 15.0. The van der Waals surface area contributed by atoms with Crippen molar-refractivity contribution in [1.29, 1.82) is 0 Å². The van der Waals surface area contributed by atoms with E-state index in [4.69, 9.17) is 51.8 Å². The van der Waals surface area contributed by atoms with Crippen molar-refractivity contribution in [2.45, 2.75) is 99.6 Å². The molecule has 1 aromatic carbocycles. The molecule has 1 aliphatic carbocycles. The van der Waals surface area contributed by atoms with Crippen LogP contribution in [-0.4, -0.2) is 63.3 Å². The van der Waals surface area contributed by atoms with E-state index in [0.29, 0.717) is 18.6 Å². The average molecular weight is 563 g/mol. The van der Waals surface area contributed by atoms with Crippen LogP contribution in [-0.2, 0) is 4.74 Å². The van der Waals surface area contributed by atoms with Crippen LogP contribution in [0.3, 0.4) is 0 Å². The minimum Gasteiger partial charge on any atom is -0.379 e. The maximum absolute atomic E-state index is 6.58. The van der Waals surface area contributed by atoms with Gasteiger partial charge in [0.2, 0.25) is 3.79 Å². The molecule has 8 heteroatoms. The third-order valence-corrected chi connectivity index (χ3v) is 8.31. The lowest BCUT2D eigenvalue weighted by Gasteiger charge is -2.42. The Morgan fingerprint density at radius 1 is 0.943 bits per heavy atom. The van der Waals surface area contributed by atoms with Gasteiger partial charge in [0.05, 0.1) is 13.2 Å². The maximum atomic E-state index is 6.58. The Morgan fingerprint density at radius 3 is 2.20 bits per heavy atom. The van der Waals surface area contributed by atoms with Gasteiger partial charge < -0.3 is 15.0 Å². The molecule has 2 saturated heterocycles. The summed E-state index contributed by atoms with van der Waals surface area (Å²) in [6, 6.07) is 11.2. The van der Waals surface area contributed by atoms with Gasteiger partial charge in [-0.1, -0.05) is 118 Å². The number of nitrogens with zero attached hydrogens (tertiary/aromatic N) is 2. The van der Waals surface area contributed by atoms with E-state index in [-0.39, 0.29) is 6.04 Å². The van der Waals surface area contributed by atoms with Crippen LogP contribution in [0.5, 0.6) is 0 Å². The summed E-state index contributed by atoms with van der Waals surface area (Å²) >= 11 is 25.6. The second kappa shape index (κ2) is 14.6. The quantitative estimate of drug-likeness (QED) is 0.309. The highest BCUT2D eigenvalue weighted by Crippen LogP contribution is 2.41. The summed E-state index contributed by atoms with van der Waals surface area (Å²) in [5.74, 6) is 0.346. The Kier molecular flexibility index (Phi) is 12.2. The van der Waals surface area contributed by atoms with Gasteiger partial charge in [-0.15, -0.1) is 0 Å². The van der Waals surface area contributed by atoms with E-state index in [1.54, 1.807) is 0 Å². The van der Waals surface area contributed by atoms with Crippen molar-refractivity contribution in [3.63, 3.8) is 0 Å². The van der Waals surface area contributed by atoms with Gasteiger partial charge in [0.1, 0.15) is 6.17 Å². The normalized spacial score (nSPS) is 27.2. The molecule has 0 spiro atoms. The Bertz CT molecular complexity index is 754. The van der Waals surface area contributed by atoms with Crippen molar-refractivity contribution >= 4 is 52.1 Å². The summed E-state index contributed by atoms with van der Waals surface area (Å²) in [7, 11) is 0. The number of rotatable bonds is 3. The van der Waals surface area contributed by atoms with E-state index < -0.39 is 9.96 Å². The van der Waals surface area contributed by atoms with Crippen LogP contribution in [0.15, 0.2) is 30.3 Å². The minimum atomic E-state index is -1.47. The number of hydrogen-bond donors (Lipinski definition) is 1. The second-order valence-corrected chi connectivity index (χ2v) is 12.5. The molecule has 2 heterocycles. The molecule has 0 bridgehead atoms. The summed E-state index contributed by atoms with van der Waals surface area (Å²) in [5.41, 5.74) is 1.31. The molecule has 3 aliphatic rings.